The number of aromatic nitrogens is 1. The number of rotatable bonds is 10. The molecular weight excluding hydrogens is 432 g/mol. The van der Waals surface area contributed by atoms with Crippen molar-refractivity contribution in [2.45, 2.75) is 76.4 Å². The van der Waals surface area contributed by atoms with E-state index >= 15 is 0 Å². The maximum Gasteiger partial charge on any atom is 0.168 e. The number of para-hydroxylation sites is 1. The number of aryl methyl sites for hydroxylation is 2. The van der Waals surface area contributed by atoms with Crippen molar-refractivity contribution < 1.29 is 9.53 Å². The van der Waals surface area contributed by atoms with Crippen LogP contribution in [0.4, 0.5) is 0 Å². The van der Waals surface area contributed by atoms with E-state index in [4.69, 9.17) is 4.74 Å². The highest BCUT2D eigenvalue weighted by molar-refractivity contribution is 6.11. The molecule has 1 saturated carbocycles. The average molecular weight is 471 g/mol. The van der Waals surface area contributed by atoms with Crippen molar-refractivity contribution in [3.63, 3.8) is 0 Å². The first-order chi connectivity index (χ1) is 17.2. The van der Waals surface area contributed by atoms with Crippen LogP contribution in [0.5, 0.6) is 5.75 Å². The van der Waals surface area contributed by atoms with E-state index in [9.17, 15) is 4.79 Å². The fraction of sp³-hybridized carbons (Fsp3) is 0.516. The second-order valence-corrected chi connectivity index (χ2v) is 11.1. The second-order valence-electron chi connectivity index (χ2n) is 11.1. The molecule has 1 aliphatic carbocycles. The lowest BCUT2D eigenvalue weighted by Crippen LogP contribution is -2.43. The molecule has 35 heavy (non-hydrogen) atoms. The number of carbonyl (C=O) groups excluding carboxylic acids is 1. The summed E-state index contributed by atoms with van der Waals surface area (Å²) in [5.41, 5.74) is 3.46. The first-order valence-corrected chi connectivity index (χ1v) is 13.7. The highest BCUT2D eigenvalue weighted by Crippen LogP contribution is 2.41. The Balaban J connectivity index is 1.09. The molecule has 0 amide bonds. The SMILES string of the molecule is COc1cccc2c(C(=O)C3CC3)cn(CCCN3[C@@H]4CC[C@H]3C[C@@H](CCc3ccccc3)C4)c12. The van der Waals surface area contributed by atoms with Crippen LogP contribution in [0.2, 0.25) is 0 Å². The summed E-state index contributed by atoms with van der Waals surface area (Å²) in [5.74, 6) is 2.30. The van der Waals surface area contributed by atoms with E-state index < -0.39 is 0 Å². The van der Waals surface area contributed by atoms with E-state index in [0.29, 0.717) is 5.78 Å². The molecule has 2 bridgehead atoms. The number of fused-ring (bicyclic) bond motifs is 3. The number of nitrogens with zero attached hydrogens (tertiary/aromatic N) is 2. The van der Waals surface area contributed by atoms with Crippen LogP contribution in [0, 0.1) is 11.8 Å². The number of Topliss-reactive ketones (excluding diaryl/α,β-unsaturated/α-hetero) is 1. The fourth-order valence-electron chi connectivity index (χ4n) is 6.86. The summed E-state index contributed by atoms with van der Waals surface area (Å²) in [6.07, 6.45) is 13.3. The molecule has 2 aliphatic heterocycles. The third-order valence-electron chi connectivity index (χ3n) is 8.78. The van der Waals surface area contributed by atoms with E-state index in [2.05, 4.69) is 52.1 Å². The highest BCUT2D eigenvalue weighted by atomic mass is 16.5. The Bertz CT molecular complexity index is 1170. The average Bonchev–Trinajstić information content (AvgIpc) is 3.64. The second kappa shape index (κ2) is 9.81. The van der Waals surface area contributed by atoms with Crippen molar-refractivity contribution in [1.82, 2.24) is 9.47 Å². The maximum atomic E-state index is 13.0. The molecule has 0 unspecified atom stereocenters. The van der Waals surface area contributed by atoms with Gasteiger partial charge in [0.2, 0.25) is 0 Å². The van der Waals surface area contributed by atoms with Gasteiger partial charge in [-0.3, -0.25) is 9.69 Å². The van der Waals surface area contributed by atoms with Gasteiger partial charge in [-0.15, -0.1) is 0 Å². The van der Waals surface area contributed by atoms with Gasteiger partial charge in [0.15, 0.2) is 5.78 Å². The monoisotopic (exact) mass is 470 g/mol. The predicted molar refractivity (Wildman–Crippen MR) is 141 cm³/mol. The zero-order valence-electron chi connectivity index (χ0n) is 21.0. The molecule has 0 spiro atoms. The Kier molecular flexibility index (Phi) is 6.40. The molecule has 3 aromatic rings. The van der Waals surface area contributed by atoms with Crippen LogP contribution in [-0.2, 0) is 13.0 Å². The Morgan fingerprint density at radius 1 is 0.943 bits per heavy atom. The van der Waals surface area contributed by atoms with E-state index in [1.807, 2.05) is 12.1 Å². The summed E-state index contributed by atoms with van der Waals surface area (Å²) in [7, 11) is 1.73. The molecule has 4 heteroatoms. The molecule has 2 saturated heterocycles. The Labute approximate surface area is 209 Å². The Hall–Kier alpha value is -2.59. The van der Waals surface area contributed by atoms with Gasteiger partial charge in [-0.1, -0.05) is 42.5 Å². The quantitative estimate of drug-likeness (QED) is 0.317. The molecule has 3 aliphatic rings. The molecule has 3 fully saturated rings. The minimum atomic E-state index is 0.235. The smallest absolute Gasteiger partial charge is 0.168 e. The van der Waals surface area contributed by atoms with E-state index in [0.717, 1.165) is 72.6 Å². The number of hydrogen-bond acceptors (Lipinski definition) is 3. The highest BCUT2D eigenvalue weighted by Gasteiger charge is 2.40. The van der Waals surface area contributed by atoms with Crippen LogP contribution < -0.4 is 4.74 Å². The van der Waals surface area contributed by atoms with E-state index in [-0.39, 0.29) is 5.92 Å². The van der Waals surface area contributed by atoms with Crippen molar-refractivity contribution in [3.8, 4) is 5.75 Å². The fourth-order valence-corrected chi connectivity index (χ4v) is 6.86. The maximum absolute atomic E-state index is 13.0. The minimum Gasteiger partial charge on any atom is -0.495 e. The van der Waals surface area contributed by atoms with Crippen molar-refractivity contribution >= 4 is 16.7 Å². The molecule has 184 valence electrons. The van der Waals surface area contributed by atoms with Gasteiger partial charge in [-0.25, -0.2) is 0 Å². The van der Waals surface area contributed by atoms with E-state index in [1.165, 1.54) is 44.1 Å². The van der Waals surface area contributed by atoms with Gasteiger partial charge >= 0.3 is 0 Å². The predicted octanol–water partition coefficient (Wildman–Crippen LogP) is 6.51. The molecule has 1 aromatic heterocycles. The number of ketones is 1. The van der Waals surface area contributed by atoms with Gasteiger partial charge in [0.1, 0.15) is 5.75 Å². The zero-order chi connectivity index (χ0) is 23.8. The van der Waals surface area contributed by atoms with Crippen molar-refractivity contribution in [1.29, 1.82) is 0 Å². The normalized spacial score (nSPS) is 24.2. The van der Waals surface area contributed by atoms with Gasteiger partial charge in [0.05, 0.1) is 12.6 Å². The first kappa shape index (κ1) is 22.8. The first-order valence-electron chi connectivity index (χ1n) is 13.7. The van der Waals surface area contributed by atoms with Crippen LogP contribution in [0.15, 0.2) is 54.7 Å². The molecule has 6 rings (SSSR count). The molecule has 0 radical (unpaired) electrons. The van der Waals surface area contributed by atoms with Gasteiger partial charge in [0.25, 0.3) is 0 Å². The number of methoxy groups -OCH3 is 1. The summed E-state index contributed by atoms with van der Waals surface area (Å²) < 4.78 is 7.99. The number of hydrogen-bond donors (Lipinski definition) is 0. The lowest BCUT2D eigenvalue weighted by Gasteiger charge is -2.39. The number of benzene rings is 2. The van der Waals surface area contributed by atoms with E-state index in [1.54, 1.807) is 7.11 Å². The van der Waals surface area contributed by atoms with Gasteiger partial charge < -0.3 is 9.30 Å². The molecule has 3 atom stereocenters. The molecule has 4 nitrogen and oxygen atoms in total. The summed E-state index contributed by atoms with van der Waals surface area (Å²) >= 11 is 0. The minimum absolute atomic E-state index is 0.235. The van der Waals surface area contributed by atoms with Crippen LogP contribution in [0.25, 0.3) is 10.9 Å². The van der Waals surface area contributed by atoms with Crippen molar-refractivity contribution in [2.24, 2.45) is 11.8 Å². The van der Waals surface area contributed by atoms with Crippen LogP contribution in [0.3, 0.4) is 0 Å². The summed E-state index contributed by atoms with van der Waals surface area (Å²) in [5, 5.41) is 1.06. The topological polar surface area (TPSA) is 34.5 Å². The summed E-state index contributed by atoms with van der Waals surface area (Å²) in [4.78, 5) is 15.8. The van der Waals surface area contributed by atoms with Gasteiger partial charge in [0, 0.05) is 48.2 Å². The van der Waals surface area contributed by atoms with Crippen molar-refractivity contribution in [2.75, 3.05) is 13.7 Å². The molecule has 0 N–H and O–H groups in total. The summed E-state index contributed by atoms with van der Waals surface area (Å²) in [6.45, 7) is 2.09. The lowest BCUT2D eigenvalue weighted by atomic mass is 9.86. The Morgan fingerprint density at radius 2 is 1.71 bits per heavy atom. The van der Waals surface area contributed by atoms with Crippen molar-refractivity contribution in [3.05, 3.63) is 65.9 Å². The Morgan fingerprint density at radius 3 is 2.43 bits per heavy atom. The summed E-state index contributed by atoms with van der Waals surface area (Å²) in [6, 6.07) is 18.6. The number of ether oxygens (including phenoxy) is 1. The molecular formula is C31H38N2O2. The van der Waals surface area contributed by atoms with Crippen LogP contribution in [0.1, 0.15) is 67.3 Å². The zero-order valence-corrected chi connectivity index (χ0v) is 21.0. The number of piperidine rings is 1. The third-order valence-corrected chi connectivity index (χ3v) is 8.78. The van der Waals surface area contributed by atoms with Gasteiger partial charge in [-0.2, -0.15) is 0 Å². The number of carbonyl (C=O) groups is 1. The standard InChI is InChI=1S/C31H38N2O2/c1-35-29-10-5-9-27-28(31(34)24-13-14-24)21-32(30(27)29)17-6-18-33-25-15-16-26(33)20-23(19-25)12-11-22-7-3-2-4-8-22/h2-5,7-10,21,23-26H,6,11-20H2,1H3/t23-,25+,26-. The molecule has 2 aromatic carbocycles. The van der Waals surface area contributed by atoms with Crippen LogP contribution >= 0.6 is 0 Å². The van der Waals surface area contributed by atoms with Gasteiger partial charge in [-0.05, 0) is 75.3 Å². The largest absolute Gasteiger partial charge is 0.495 e. The third kappa shape index (κ3) is 4.65. The van der Waals surface area contributed by atoms with Crippen LogP contribution in [-0.4, -0.2) is 41.0 Å². The lowest BCUT2D eigenvalue weighted by molar-refractivity contribution is 0.0968. The molecule has 3 heterocycles.